The minimum atomic E-state index is -0.0792. The zero-order chi connectivity index (χ0) is 12.4. The van der Waals surface area contributed by atoms with Gasteiger partial charge in [-0.3, -0.25) is 4.79 Å². The summed E-state index contributed by atoms with van der Waals surface area (Å²) in [6, 6.07) is 5.35. The summed E-state index contributed by atoms with van der Waals surface area (Å²) < 4.78 is 0. The Morgan fingerprint density at radius 2 is 2.18 bits per heavy atom. The lowest BCUT2D eigenvalue weighted by molar-refractivity contribution is -0.128. The van der Waals surface area contributed by atoms with Gasteiger partial charge in [0.15, 0.2) is 0 Å². The van der Waals surface area contributed by atoms with Crippen LogP contribution >= 0.6 is 35.0 Å². The minimum Gasteiger partial charge on any atom is -0.395 e. The van der Waals surface area contributed by atoms with Crippen LogP contribution in [0.4, 0.5) is 0 Å². The average molecular weight is 292 g/mol. The molecule has 0 aliphatic carbocycles. The van der Waals surface area contributed by atoms with Gasteiger partial charge in [0.25, 0.3) is 0 Å². The maximum atomic E-state index is 11.6. The van der Waals surface area contributed by atoms with Crippen molar-refractivity contribution in [1.82, 2.24) is 4.90 Å². The van der Waals surface area contributed by atoms with Crippen molar-refractivity contribution >= 4 is 40.9 Å². The van der Waals surface area contributed by atoms with Gasteiger partial charge in [0.05, 0.1) is 22.4 Å². The van der Waals surface area contributed by atoms with E-state index in [2.05, 4.69) is 0 Å². The summed E-state index contributed by atoms with van der Waals surface area (Å²) in [6.07, 6.45) is 0. The third kappa shape index (κ3) is 2.71. The summed E-state index contributed by atoms with van der Waals surface area (Å²) in [4.78, 5) is 13.3. The molecule has 6 heteroatoms. The summed E-state index contributed by atoms with van der Waals surface area (Å²) in [5.74, 6) is 0.477. The van der Waals surface area contributed by atoms with Gasteiger partial charge in [0.2, 0.25) is 5.91 Å². The van der Waals surface area contributed by atoms with Crippen molar-refractivity contribution in [3.05, 3.63) is 33.8 Å². The number of hydrogen-bond donors (Lipinski definition) is 1. The molecule has 17 heavy (non-hydrogen) atoms. The summed E-state index contributed by atoms with van der Waals surface area (Å²) in [7, 11) is 0. The van der Waals surface area contributed by atoms with Crippen molar-refractivity contribution in [2.75, 3.05) is 18.9 Å². The smallest absolute Gasteiger partial charge is 0.233 e. The van der Waals surface area contributed by atoms with E-state index in [1.807, 2.05) is 6.07 Å². The molecule has 3 nitrogen and oxygen atoms in total. The maximum Gasteiger partial charge on any atom is 0.233 e. The van der Waals surface area contributed by atoms with Crippen molar-refractivity contribution in [3.63, 3.8) is 0 Å². The maximum absolute atomic E-state index is 11.6. The van der Waals surface area contributed by atoms with E-state index in [9.17, 15) is 4.79 Å². The fourth-order valence-electron chi connectivity index (χ4n) is 1.75. The fraction of sp³-hybridized carbons (Fsp3) is 0.364. The van der Waals surface area contributed by atoms with Crippen molar-refractivity contribution in [2.45, 2.75) is 5.37 Å². The molecule has 1 aromatic rings. The molecule has 1 fully saturated rings. The summed E-state index contributed by atoms with van der Waals surface area (Å²) in [5, 5.41) is 9.86. The molecule has 1 aliphatic heterocycles. The topological polar surface area (TPSA) is 40.5 Å². The van der Waals surface area contributed by atoms with Crippen LogP contribution < -0.4 is 0 Å². The Morgan fingerprint density at radius 1 is 1.41 bits per heavy atom. The first-order valence-electron chi connectivity index (χ1n) is 5.10. The zero-order valence-corrected chi connectivity index (χ0v) is 11.2. The monoisotopic (exact) mass is 291 g/mol. The Morgan fingerprint density at radius 3 is 2.82 bits per heavy atom. The van der Waals surface area contributed by atoms with E-state index < -0.39 is 0 Å². The molecule has 0 aromatic heterocycles. The van der Waals surface area contributed by atoms with Gasteiger partial charge in [-0.1, -0.05) is 29.3 Å². The highest BCUT2D eigenvalue weighted by molar-refractivity contribution is 8.00. The molecule has 1 aliphatic rings. The van der Waals surface area contributed by atoms with Crippen LogP contribution in [-0.4, -0.2) is 34.8 Å². The molecular weight excluding hydrogens is 281 g/mol. The standard InChI is InChI=1S/C11H11Cl2NO2S/c12-8-2-1-7(5-9(8)13)11-14(3-4-15)10(16)6-17-11/h1-2,5,11,15H,3-4,6H2/t11-/m1/s1. The highest BCUT2D eigenvalue weighted by Gasteiger charge is 2.32. The highest BCUT2D eigenvalue weighted by Crippen LogP contribution is 2.39. The van der Waals surface area contributed by atoms with Crippen molar-refractivity contribution < 1.29 is 9.90 Å². The number of carbonyl (C=O) groups excluding carboxylic acids is 1. The molecule has 1 N–H and O–H groups in total. The number of thioether (sulfide) groups is 1. The lowest BCUT2D eigenvalue weighted by atomic mass is 10.2. The highest BCUT2D eigenvalue weighted by atomic mass is 35.5. The number of carbonyl (C=O) groups is 1. The minimum absolute atomic E-state index is 0.0376. The Bertz CT molecular complexity index is 441. The molecule has 1 aromatic carbocycles. The predicted octanol–water partition coefficient (Wildman–Crippen LogP) is 2.56. The Labute approximate surface area is 114 Å². The third-order valence-electron chi connectivity index (χ3n) is 2.54. The normalized spacial score (nSPS) is 20.1. The molecule has 2 rings (SSSR count). The second-order valence-electron chi connectivity index (χ2n) is 3.65. The van der Waals surface area contributed by atoms with Gasteiger partial charge in [-0.05, 0) is 17.7 Å². The largest absolute Gasteiger partial charge is 0.395 e. The van der Waals surface area contributed by atoms with Crippen LogP contribution in [0.3, 0.4) is 0 Å². The summed E-state index contributed by atoms with van der Waals surface area (Å²) in [5.41, 5.74) is 0.934. The van der Waals surface area contributed by atoms with Crippen LogP contribution in [0.25, 0.3) is 0 Å². The van der Waals surface area contributed by atoms with Crippen LogP contribution in [-0.2, 0) is 4.79 Å². The second-order valence-corrected chi connectivity index (χ2v) is 5.53. The Kier molecular flexibility index (Phi) is 4.20. The first-order valence-corrected chi connectivity index (χ1v) is 6.91. The van der Waals surface area contributed by atoms with Crippen LogP contribution in [0.2, 0.25) is 10.0 Å². The van der Waals surface area contributed by atoms with Crippen molar-refractivity contribution in [1.29, 1.82) is 0 Å². The molecule has 0 saturated carbocycles. The number of β-amino-alcohol motifs (C(OH)–C–C–N with tert-alkyl or cyclic N) is 1. The van der Waals surface area contributed by atoms with E-state index in [0.29, 0.717) is 22.3 Å². The van der Waals surface area contributed by atoms with Gasteiger partial charge >= 0.3 is 0 Å². The van der Waals surface area contributed by atoms with E-state index in [0.717, 1.165) is 5.56 Å². The van der Waals surface area contributed by atoms with Gasteiger partial charge in [-0.2, -0.15) is 0 Å². The van der Waals surface area contributed by atoms with E-state index in [-0.39, 0.29) is 17.9 Å². The number of rotatable bonds is 3. The lowest BCUT2D eigenvalue weighted by Gasteiger charge is -2.23. The molecule has 0 radical (unpaired) electrons. The summed E-state index contributed by atoms with van der Waals surface area (Å²) >= 11 is 13.3. The SMILES string of the molecule is O=C1CS[C@H](c2ccc(Cl)c(Cl)c2)N1CCO. The third-order valence-corrected chi connectivity index (χ3v) is 4.53. The van der Waals surface area contributed by atoms with Crippen LogP contribution in [0.5, 0.6) is 0 Å². The predicted molar refractivity (Wildman–Crippen MR) is 70.5 cm³/mol. The average Bonchev–Trinajstić information content (AvgIpc) is 2.66. The van der Waals surface area contributed by atoms with E-state index >= 15 is 0 Å². The van der Waals surface area contributed by atoms with Gasteiger partial charge < -0.3 is 10.0 Å². The zero-order valence-electron chi connectivity index (χ0n) is 8.90. The van der Waals surface area contributed by atoms with E-state index in [1.54, 1.807) is 17.0 Å². The molecule has 0 spiro atoms. The lowest BCUT2D eigenvalue weighted by Crippen LogP contribution is -2.30. The molecule has 0 bridgehead atoms. The van der Waals surface area contributed by atoms with Crippen LogP contribution in [0.15, 0.2) is 18.2 Å². The van der Waals surface area contributed by atoms with Gasteiger partial charge in [-0.25, -0.2) is 0 Å². The van der Waals surface area contributed by atoms with Gasteiger partial charge in [0, 0.05) is 6.54 Å². The van der Waals surface area contributed by atoms with Crippen LogP contribution in [0.1, 0.15) is 10.9 Å². The molecule has 1 heterocycles. The number of aliphatic hydroxyl groups is 1. The number of halogens is 2. The Balaban J connectivity index is 2.26. The summed E-state index contributed by atoms with van der Waals surface area (Å²) in [6.45, 7) is 0.306. The number of nitrogens with zero attached hydrogens (tertiary/aromatic N) is 1. The molecule has 1 amide bonds. The molecular formula is C11H11Cl2NO2S. The van der Waals surface area contributed by atoms with E-state index in [4.69, 9.17) is 28.3 Å². The number of hydrogen-bond acceptors (Lipinski definition) is 3. The van der Waals surface area contributed by atoms with Gasteiger partial charge in [0.1, 0.15) is 5.37 Å². The van der Waals surface area contributed by atoms with Crippen LogP contribution in [0, 0.1) is 0 Å². The van der Waals surface area contributed by atoms with Crippen molar-refractivity contribution in [2.24, 2.45) is 0 Å². The Hall–Kier alpha value is -0.420. The number of benzene rings is 1. The number of aliphatic hydroxyl groups excluding tert-OH is 1. The van der Waals surface area contributed by atoms with Gasteiger partial charge in [-0.15, -0.1) is 11.8 Å². The fourth-order valence-corrected chi connectivity index (χ4v) is 3.26. The molecule has 92 valence electrons. The number of amides is 1. The first kappa shape index (κ1) is 13.0. The first-order chi connectivity index (χ1) is 8.13. The second kappa shape index (κ2) is 5.48. The quantitative estimate of drug-likeness (QED) is 0.930. The molecule has 1 saturated heterocycles. The van der Waals surface area contributed by atoms with Crippen molar-refractivity contribution in [3.8, 4) is 0 Å². The van der Waals surface area contributed by atoms with E-state index in [1.165, 1.54) is 11.8 Å². The molecule has 1 atom stereocenters. The molecule has 0 unspecified atom stereocenters.